The highest BCUT2D eigenvalue weighted by Crippen LogP contribution is 2.18. The van der Waals surface area contributed by atoms with Crippen molar-refractivity contribution in [1.29, 1.82) is 0 Å². The van der Waals surface area contributed by atoms with Crippen LogP contribution < -0.4 is 5.32 Å². The van der Waals surface area contributed by atoms with E-state index in [0.29, 0.717) is 29.0 Å². The van der Waals surface area contributed by atoms with E-state index in [2.05, 4.69) is 5.32 Å². The van der Waals surface area contributed by atoms with Crippen molar-refractivity contribution in [3.05, 3.63) is 70.0 Å². The van der Waals surface area contributed by atoms with Gasteiger partial charge < -0.3 is 5.32 Å². The molecule has 0 saturated carbocycles. The van der Waals surface area contributed by atoms with Gasteiger partial charge in [0.25, 0.3) is 0 Å². The maximum Gasteiger partial charge on any atom is 0.129 e. The molecule has 2 aromatic carbocycles. The SMILES string of the molecule is CNC(Cc1ccc(F)cc1F)Cc1ccc(Cl)cc1F. The van der Waals surface area contributed by atoms with Gasteiger partial charge in [-0.1, -0.05) is 23.7 Å². The first-order chi connectivity index (χ1) is 9.99. The number of hydrogen-bond acceptors (Lipinski definition) is 1. The minimum atomic E-state index is -0.610. The molecule has 21 heavy (non-hydrogen) atoms. The molecule has 2 aromatic rings. The van der Waals surface area contributed by atoms with Crippen molar-refractivity contribution in [1.82, 2.24) is 5.32 Å². The average Bonchev–Trinajstić information content (AvgIpc) is 2.43. The number of benzene rings is 2. The first-order valence-corrected chi connectivity index (χ1v) is 6.92. The lowest BCUT2D eigenvalue weighted by Gasteiger charge is -2.17. The Morgan fingerprint density at radius 2 is 1.52 bits per heavy atom. The highest BCUT2D eigenvalue weighted by atomic mass is 35.5. The predicted molar refractivity (Wildman–Crippen MR) is 78.0 cm³/mol. The largest absolute Gasteiger partial charge is 0.316 e. The third kappa shape index (κ3) is 4.22. The van der Waals surface area contributed by atoms with Crippen LogP contribution in [-0.4, -0.2) is 13.1 Å². The summed E-state index contributed by atoms with van der Waals surface area (Å²) in [5.41, 5.74) is 0.895. The predicted octanol–water partition coefficient (Wildman–Crippen LogP) is 4.13. The van der Waals surface area contributed by atoms with E-state index in [1.54, 1.807) is 19.2 Å². The highest BCUT2D eigenvalue weighted by Gasteiger charge is 2.14. The molecule has 0 bridgehead atoms. The van der Waals surface area contributed by atoms with Crippen molar-refractivity contribution in [2.75, 3.05) is 7.05 Å². The highest BCUT2D eigenvalue weighted by molar-refractivity contribution is 6.30. The van der Waals surface area contributed by atoms with Gasteiger partial charge in [0.1, 0.15) is 17.5 Å². The van der Waals surface area contributed by atoms with Crippen LogP contribution in [0.4, 0.5) is 13.2 Å². The molecule has 1 N–H and O–H groups in total. The van der Waals surface area contributed by atoms with Gasteiger partial charge in [0.15, 0.2) is 0 Å². The lowest BCUT2D eigenvalue weighted by Crippen LogP contribution is -2.30. The molecule has 0 fully saturated rings. The first kappa shape index (κ1) is 15.9. The molecule has 0 amide bonds. The number of nitrogens with one attached hydrogen (secondary N) is 1. The number of likely N-dealkylation sites (N-methyl/N-ethyl adjacent to an activating group) is 1. The van der Waals surface area contributed by atoms with Gasteiger partial charge in [-0.25, -0.2) is 13.2 Å². The third-order valence-corrected chi connectivity index (χ3v) is 3.61. The summed E-state index contributed by atoms with van der Waals surface area (Å²) in [6, 6.07) is 7.79. The molecule has 0 aromatic heterocycles. The maximum absolute atomic E-state index is 13.8. The zero-order chi connectivity index (χ0) is 15.4. The normalized spacial score (nSPS) is 12.4. The van der Waals surface area contributed by atoms with Gasteiger partial charge in [-0.15, -0.1) is 0 Å². The molecule has 2 rings (SSSR count). The number of rotatable bonds is 5. The Bertz CT molecular complexity index is 577. The Labute approximate surface area is 126 Å². The molecule has 0 aliphatic heterocycles. The van der Waals surface area contributed by atoms with Crippen molar-refractivity contribution in [2.45, 2.75) is 18.9 Å². The van der Waals surface area contributed by atoms with E-state index < -0.39 is 11.6 Å². The van der Waals surface area contributed by atoms with Gasteiger partial charge in [-0.05, 0) is 49.2 Å². The monoisotopic (exact) mass is 313 g/mol. The van der Waals surface area contributed by atoms with Crippen LogP contribution in [-0.2, 0) is 12.8 Å². The molecule has 112 valence electrons. The van der Waals surface area contributed by atoms with Crippen LogP contribution >= 0.6 is 11.6 Å². The minimum absolute atomic E-state index is 0.166. The van der Waals surface area contributed by atoms with Crippen LogP contribution in [0.15, 0.2) is 36.4 Å². The second-order valence-electron chi connectivity index (χ2n) is 4.87. The van der Waals surface area contributed by atoms with E-state index in [1.807, 2.05) is 0 Å². The molecule has 0 saturated heterocycles. The standard InChI is InChI=1S/C16H15ClF3N/c1-21-14(6-10-2-4-12(17)8-15(10)19)7-11-3-5-13(18)9-16(11)20/h2-5,8-9,14,21H,6-7H2,1H3. The fraction of sp³-hybridized carbons (Fsp3) is 0.250. The van der Waals surface area contributed by atoms with Gasteiger partial charge in [0.2, 0.25) is 0 Å². The van der Waals surface area contributed by atoms with Crippen LogP contribution in [0.25, 0.3) is 0 Å². The molecule has 1 atom stereocenters. The van der Waals surface area contributed by atoms with E-state index in [-0.39, 0.29) is 11.9 Å². The molecule has 1 unspecified atom stereocenters. The average molecular weight is 314 g/mol. The van der Waals surface area contributed by atoms with Crippen molar-refractivity contribution < 1.29 is 13.2 Å². The summed E-state index contributed by atoms with van der Waals surface area (Å²) >= 11 is 5.71. The van der Waals surface area contributed by atoms with E-state index in [1.165, 1.54) is 18.2 Å². The van der Waals surface area contributed by atoms with E-state index in [9.17, 15) is 13.2 Å². The van der Waals surface area contributed by atoms with Crippen LogP contribution in [0, 0.1) is 17.5 Å². The Morgan fingerprint density at radius 3 is 2.05 bits per heavy atom. The summed E-state index contributed by atoms with van der Waals surface area (Å²) in [6.07, 6.45) is 0.723. The molecular weight excluding hydrogens is 299 g/mol. The second kappa shape index (κ2) is 6.96. The smallest absolute Gasteiger partial charge is 0.129 e. The fourth-order valence-electron chi connectivity index (χ4n) is 2.18. The maximum atomic E-state index is 13.8. The number of halogens is 4. The van der Waals surface area contributed by atoms with E-state index in [0.717, 1.165) is 6.07 Å². The summed E-state index contributed by atoms with van der Waals surface area (Å²) in [4.78, 5) is 0. The zero-order valence-corrected chi connectivity index (χ0v) is 12.2. The molecule has 5 heteroatoms. The Balaban J connectivity index is 2.13. The summed E-state index contributed by atoms with van der Waals surface area (Å²) in [5, 5.41) is 3.36. The molecule has 1 nitrogen and oxygen atoms in total. The Hall–Kier alpha value is -1.52. The molecule has 0 aliphatic carbocycles. The van der Waals surface area contributed by atoms with Crippen LogP contribution in [0.1, 0.15) is 11.1 Å². The van der Waals surface area contributed by atoms with Gasteiger partial charge in [0, 0.05) is 17.1 Å². The van der Waals surface area contributed by atoms with E-state index >= 15 is 0 Å². The minimum Gasteiger partial charge on any atom is -0.316 e. The summed E-state index contributed by atoms with van der Waals surface area (Å²) < 4.78 is 40.3. The van der Waals surface area contributed by atoms with E-state index in [4.69, 9.17) is 11.6 Å². The zero-order valence-electron chi connectivity index (χ0n) is 11.5. The van der Waals surface area contributed by atoms with Crippen LogP contribution in [0.3, 0.4) is 0 Å². The third-order valence-electron chi connectivity index (χ3n) is 3.37. The van der Waals surface area contributed by atoms with Gasteiger partial charge in [-0.2, -0.15) is 0 Å². The number of hydrogen-bond donors (Lipinski definition) is 1. The Kier molecular flexibility index (Phi) is 5.26. The molecule has 0 spiro atoms. The fourth-order valence-corrected chi connectivity index (χ4v) is 2.34. The Morgan fingerprint density at radius 1 is 0.952 bits per heavy atom. The summed E-state index contributed by atoms with van der Waals surface area (Å²) in [7, 11) is 1.72. The van der Waals surface area contributed by atoms with Crippen molar-refractivity contribution >= 4 is 11.6 Å². The van der Waals surface area contributed by atoms with Gasteiger partial charge in [-0.3, -0.25) is 0 Å². The van der Waals surface area contributed by atoms with Gasteiger partial charge in [0.05, 0.1) is 0 Å². The second-order valence-corrected chi connectivity index (χ2v) is 5.30. The first-order valence-electron chi connectivity index (χ1n) is 6.54. The quantitative estimate of drug-likeness (QED) is 0.875. The van der Waals surface area contributed by atoms with Crippen LogP contribution in [0.5, 0.6) is 0 Å². The van der Waals surface area contributed by atoms with Crippen molar-refractivity contribution in [2.24, 2.45) is 0 Å². The van der Waals surface area contributed by atoms with Crippen molar-refractivity contribution in [3.63, 3.8) is 0 Å². The molecule has 0 radical (unpaired) electrons. The van der Waals surface area contributed by atoms with Crippen LogP contribution in [0.2, 0.25) is 5.02 Å². The summed E-state index contributed by atoms with van der Waals surface area (Å²) in [6.45, 7) is 0. The molecular formula is C16H15ClF3N. The summed E-state index contributed by atoms with van der Waals surface area (Å²) in [5.74, 6) is -1.59. The van der Waals surface area contributed by atoms with Gasteiger partial charge >= 0.3 is 0 Å². The molecule has 0 heterocycles. The lowest BCUT2D eigenvalue weighted by atomic mass is 9.98. The molecule has 0 aliphatic rings. The van der Waals surface area contributed by atoms with Crippen molar-refractivity contribution in [3.8, 4) is 0 Å². The topological polar surface area (TPSA) is 12.0 Å². The lowest BCUT2D eigenvalue weighted by molar-refractivity contribution is 0.512.